The molecule has 0 saturated carbocycles. The van der Waals surface area contributed by atoms with Crippen molar-refractivity contribution in [3.05, 3.63) is 102 Å². The topological polar surface area (TPSA) is 58.6 Å². The number of hydroxylamine groups is 1. The summed E-state index contributed by atoms with van der Waals surface area (Å²) in [6, 6.07) is 21.6. The maximum atomic E-state index is 12.3. The molecule has 0 aliphatic heterocycles. The second kappa shape index (κ2) is 8.84. The molecular weight excluding hydrogens is 398 g/mol. The van der Waals surface area contributed by atoms with E-state index in [1.54, 1.807) is 5.48 Å². The summed E-state index contributed by atoms with van der Waals surface area (Å²) < 4.78 is 5.98. The number of benzene rings is 3. The van der Waals surface area contributed by atoms with E-state index in [4.69, 9.17) is 16.3 Å². The van der Waals surface area contributed by atoms with E-state index in [1.165, 1.54) is 0 Å². The van der Waals surface area contributed by atoms with Crippen molar-refractivity contribution in [3.8, 4) is 0 Å². The molecule has 0 fully saturated rings. The first-order valence-electron chi connectivity index (χ1n) is 9.82. The van der Waals surface area contributed by atoms with Crippen LogP contribution in [0.15, 0.2) is 85.0 Å². The number of carbonyl (C=O) groups is 1. The van der Waals surface area contributed by atoms with Crippen LogP contribution in [-0.2, 0) is 11.2 Å². The Labute approximate surface area is 180 Å². The third-order valence-corrected chi connectivity index (χ3v) is 5.67. The molecule has 0 heterocycles. The Morgan fingerprint density at radius 3 is 2.57 bits per heavy atom. The number of amides is 1. The highest BCUT2D eigenvalue weighted by Gasteiger charge is 2.26. The molecule has 0 radical (unpaired) electrons. The minimum absolute atomic E-state index is 0.340. The van der Waals surface area contributed by atoms with Gasteiger partial charge in [-0.05, 0) is 40.0 Å². The third-order valence-electron chi connectivity index (χ3n) is 5.28. The van der Waals surface area contributed by atoms with Gasteiger partial charge in [0.25, 0.3) is 5.91 Å². The molecule has 0 bridgehead atoms. The molecule has 152 valence electrons. The van der Waals surface area contributed by atoms with Crippen LogP contribution in [0.1, 0.15) is 27.9 Å². The Morgan fingerprint density at radius 2 is 1.83 bits per heavy atom. The van der Waals surface area contributed by atoms with Gasteiger partial charge in [0, 0.05) is 6.42 Å². The zero-order chi connectivity index (χ0) is 21.0. The fourth-order valence-corrected chi connectivity index (χ4v) is 3.95. The first-order valence-corrected chi connectivity index (χ1v) is 10.2. The second-order valence-electron chi connectivity index (χ2n) is 7.21. The number of hydrogen-bond acceptors (Lipinski definition) is 3. The number of hydrogen-bond donors (Lipinski definition) is 2. The van der Waals surface area contributed by atoms with E-state index in [1.807, 2.05) is 66.7 Å². The maximum Gasteiger partial charge on any atom is 0.275 e. The third kappa shape index (κ3) is 4.31. The van der Waals surface area contributed by atoms with Crippen molar-refractivity contribution < 1.29 is 14.7 Å². The normalized spacial score (nSPS) is 18.3. The van der Waals surface area contributed by atoms with Gasteiger partial charge in [0.2, 0.25) is 0 Å². The predicted molar refractivity (Wildman–Crippen MR) is 120 cm³/mol. The number of alkyl halides is 1. The Bertz CT molecular complexity index is 1120. The molecule has 0 unspecified atom stereocenters. The van der Waals surface area contributed by atoms with Gasteiger partial charge < -0.3 is 4.74 Å². The van der Waals surface area contributed by atoms with Gasteiger partial charge >= 0.3 is 0 Å². The predicted octanol–water partition coefficient (Wildman–Crippen LogP) is 5.50. The zero-order valence-electron chi connectivity index (χ0n) is 16.3. The van der Waals surface area contributed by atoms with Crippen molar-refractivity contribution in [2.45, 2.75) is 17.9 Å². The summed E-state index contributed by atoms with van der Waals surface area (Å²) in [7, 11) is 0. The van der Waals surface area contributed by atoms with E-state index in [-0.39, 0.29) is 0 Å². The Balaban J connectivity index is 1.46. The molecule has 3 aromatic carbocycles. The van der Waals surface area contributed by atoms with Crippen LogP contribution >= 0.6 is 11.6 Å². The minimum atomic E-state index is -0.908. The van der Waals surface area contributed by atoms with Crippen molar-refractivity contribution in [3.63, 3.8) is 0 Å². The molecule has 4 rings (SSSR count). The highest BCUT2D eigenvalue weighted by molar-refractivity contribution is 6.24. The molecule has 0 aromatic heterocycles. The molecule has 0 spiro atoms. The van der Waals surface area contributed by atoms with E-state index < -0.39 is 11.0 Å². The van der Waals surface area contributed by atoms with Crippen molar-refractivity contribution in [1.82, 2.24) is 5.48 Å². The van der Waals surface area contributed by atoms with E-state index in [9.17, 15) is 10.0 Å². The summed E-state index contributed by atoms with van der Waals surface area (Å²) >= 11 is 6.65. The van der Waals surface area contributed by atoms with Crippen LogP contribution < -0.4 is 5.48 Å². The number of allylic oxidation sites excluding steroid dienone is 2. The Morgan fingerprint density at radius 1 is 1.07 bits per heavy atom. The molecule has 3 aromatic rings. The first kappa shape index (κ1) is 20.4. The van der Waals surface area contributed by atoms with Crippen molar-refractivity contribution >= 4 is 33.9 Å². The van der Waals surface area contributed by atoms with Gasteiger partial charge in [0.1, 0.15) is 0 Å². The molecule has 2 N–H and O–H groups in total. The SMILES string of the molecule is O=C(NO)c1c(CCO[C@]2(Cl)C=CC(c3ccccc3)=CC2)ccc2ccccc12. The summed E-state index contributed by atoms with van der Waals surface area (Å²) in [5, 5.41) is 10.0. The fourth-order valence-electron chi connectivity index (χ4n) is 3.73. The average molecular weight is 420 g/mol. The lowest BCUT2D eigenvalue weighted by Crippen LogP contribution is -2.26. The lowest BCUT2D eigenvalue weighted by molar-refractivity contribution is 0.0570. The largest absolute Gasteiger partial charge is 0.355 e. The summed E-state index contributed by atoms with van der Waals surface area (Å²) in [6.45, 7) is 0.340. The quantitative estimate of drug-likeness (QED) is 0.315. The molecule has 1 atom stereocenters. The summed E-state index contributed by atoms with van der Waals surface area (Å²) in [4.78, 5) is 12.3. The van der Waals surface area contributed by atoms with Crippen LogP contribution in [0.4, 0.5) is 0 Å². The average Bonchev–Trinajstić information content (AvgIpc) is 2.79. The summed E-state index contributed by atoms with van der Waals surface area (Å²) in [6.07, 6.45) is 6.97. The lowest BCUT2D eigenvalue weighted by atomic mass is 9.96. The van der Waals surface area contributed by atoms with Gasteiger partial charge in [-0.25, -0.2) is 5.48 Å². The molecule has 0 saturated heterocycles. The highest BCUT2D eigenvalue weighted by atomic mass is 35.5. The minimum Gasteiger partial charge on any atom is -0.355 e. The molecule has 5 heteroatoms. The smallest absolute Gasteiger partial charge is 0.275 e. The van der Waals surface area contributed by atoms with E-state index in [2.05, 4.69) is 18.2 Å². The van der Waals surface area contributed by atoms with Gasteiger partial charge in [-0.2, -0.15) is 0 Å². The van der Waals surface area contributed by atoms with Crippen LogP contribution in [0, 0.1) is 0 Å². The van der Waals surface area contributed by atoms with Gasteiger partial charge in [-0.3, -0.25) is 10.0 Å². The molecule has 30 heavy (non-hydrogen) atoms. The molecule has 1 aliphatic rings. The standard InChI is InChI=1S/C25H22ClNO3/c26-25(15-12-19(13-16-25)18-6-2-1-3-7-18)30-17-14-21-11-10-20-8-4-5-9-22(20)23(21)24(28)27-29/h1-13,15,29H,14,16-17H2,(H,27,28)/t25-/m1/s1. The van der Waals surface area contributed by atoms with E-state index in [0.717, 1.165) is 27.5 Å². The Kier molecular flexibility index (Phi) is 6.00. The van der Waals surface area contributed by atoms with Crippen molar-refractivity contribution in [1.29, 1.82) is 0 Å². The van der Waals surface area contributed by atoms with Crippen molar-refractivity contribution in [2.75, 3.05) is 6.61 Å². The van der Waals surface area contributed by atoms with E-state index >= 15 is 0 Å². The van der Waals surface area contributed by atoms with Gasteiger partial charge in [0.05, 0.1) is 12.2 Å². The molecule has 4 nitrogen and oxygen atoms in total. The van der Waals surface area contributed by atoms with Gasteiger partial charge in [-0.15, -0.1) is 0 Å². The number of halogens is 1. The number of carbonyl (C=O) groups excluding carboxylic acids is 1. The monoisotopic (exact) mass is 419 g/mol. The molecule has 1 aliphatic carbocycles. The van der Waals surface area contributed by atoms with Crippen LogP contribution in [0.3, 0.4) is 0 Å². The van der Waals surface area contributed by atoms with Crippen LogP contribution in [0.25, 0.3) is 16.3 Å². The van der Waals surface area contributed by atoms with Gasteiger partial charge in [0.15, 0.2) is 5.06 Å². The number of rotatable bonds is 6. The summed E-state index contributed by atoms with van der Waals surface area (Å²) in [5.41, 5.74) is 5.26. The highest BCUT2D eigenvalue weighted by Crippen LogP contribution is 2.33. The zero-order valence-corrected chi connectivity index (χ0v) is 17.1. The van der Waals surface area contributed by atoms with Crippen LogP contribution in [0.5, 0.6) is 0 Å². The number of nitrogens with one attached hydrogen (secondary N) is 1. The van der Waals surface area contributed by atoms with Crippen LogP contribution in [-0.4, -0.2) is 22.8 Å². The number of fused-ring (bicyclic) bond motifs is 1. The second-order valence-corrected chi connectivity index (χ2v) is 7.85. The first-order chi connectivity index (χ1) is 14.6. The van der Waals surface area contributed by atoms with Crippen molar-refractivity contribution in [2.24, 2.45) is 0 Å². The van der Waals surface area contributed by atoms with Gasteiger partial charge in [-0.1, -0.05) is 90.5 Å². The number of ether oxygens (including phenoxy) is 1. The Hall–Kier alpha value is -2.92. The summed E-state index contributed by atoms with van der Waals surface area (Å²) in [5.74, 6) is -0.532. The fraction of sp³-hybridized carbons (Fsp3) is 0.160. The maximum absolute atomic E-state index is 12.3. The lowest BCUT2D eigenvalue weighted by Gasteiger charge is -2.26. The molecular formula is C25H22ClNO3. The van der Waals surface area contributed by atoms with E-state index in [0.29, 0.717) is 25.0 Å². The molecule has 1 amide bonds. The van der Waals surface area contributed by atoms with Crippen LogP contribution in [0.2, 0.25) is 0 Å².